The van der Waals surface area contributed by atoms with Crippen LogP contribution < -0.4 is 0 Å². The maximum Gasteiger partial charge on any atom is 0.115 e. The van der Waals surface area contributed by atoms with Crippen molar-refractivity contribution in [1.29, 1.82) is 0 Å². The number of aromatic hydroxyl groups is 1. The first-order chi connectivity index (χ1) is 12.7. The lowest BCUT2D eigenvalue weighted by molar-refractivity contribution is 0.00994. The normalized spacial score (nSPS) is 26.9. The molecule has 0 saturated carbocycles. The molecular weight excluding hydrogens is 398 g/mol. The van der Waals surface area contributed by atoms with Crippen molar-refractivity contribution in [2.75, 3.05) is 13.1 Å². The highest BCUT2D eigenvalue weighted by atomic mass is 79.9. The molecule has 2 aromatic rings. The number of rotatable bonds is 5. The molecule has 2 bridgehead atoms. The molecule has 2 aromatic carbocycles. The Kier molecular flexibility index (Phi) is 6.32. The highest BCUT2D eigenvalue weighted by Gasteiger charge is 2.51. The number of hydrogen-bond donors (Lipinski definition) is 1. The van der Waals surface area contributed by atoms with Crippen LogP contribution in [0, 0.1) is 5.92 Å². The average Bonchev–Trinajstić information content (AvgIpc) is 2.68. The first-order valence-corrected chi connectivity index (χ1v) is 10.3. The Bertz CT molecular complexity index is 762. The summed E-state index contributed by atoms with van der Waals surface area (Å²) in [4.78, 5) is 2.75. The summed E-state index contributed by atoms with van der Waals surface area (Å²) in [5.41, 5.74) is 4.58. The van der Waals surface area contributed by atoms with E-state index in [0.29, 0.717) is 17.7 Å². The third-order valence-corrected chi connectivity index (χ3v) is 7.15. The fraction of sp³-hybridized carbons (Fsp3) is 0.500. The van der Waals surface area contributed by atoms with E-state index in [0.717, 1.165) is 19.4 Å². The van der Waals surface area contributed by atoms with Crippen LogP contribution in [0.4, 0.5) is 0 Å². The molecule has 0 radical (unpaired) electrons. The third-order valence-electron chi connectivity index (χ3n) is 7.15. The van der Waals surface area contributed by atoms with Gasteiger partial charge in [0.1, 0.15) is 5.75 Å². The second kappa shape index (κ2) is 8.36. The second-order valence-corrected chi connectivity index (χ2v) is 8.16. The van der Waals surface area contributed by atoms with E-state index in [-0.39, 0.29) is 22.4 Å². The Hall–Kier alpha value is -1.32. The molecule has 4 rings (SSSR count). The number of phenolic OH excluding ortho intramolecular Hbond substituents is 1. The van der Waals surface area contributed by atoms with E-state index < -0.39 is 0 Å². The van der Waals surface area contributed by atoms with Crippen molar-refractivity contribution in [3.05, 3.63) is 65.2 Å². The third kappa shape index (κ3) is 3.56. The molecule has 1 fully saturated rings. The topological polar surface area (TPSA) is 23.5 Å². The van der Waals surface area contributed by atoms with Crippen molar-refractivity contribution < 1.29 is 5.11 Å². The van der Waals surface area contributed by atoms with Gasteiger partial charge in [0, 0.05) is 18.0 Å². The maximum atomic E-state index is 10.1. The van der Waals surface area contributed by atoms with E-state index in [2.05, 4.69) is 61.2 Å². The van der Waals surface area contributed by atoms with Crippen LogP contribution in [0.2, 0.25) is 0 Å². The first-order valence-electron chi connectivity index (χ1n) is 10.3. The number of nitrogens with zero attached hydrogens (tertiary/aromatic N) is 1. The standard InChI is InChI=1S/C24H31NO.BrH/c1-3-21-23-16-19-10-11-20(26)17-22(19)24(21,4-2)13-15-25(23)14-12-18-8-6-5-7-9-18;/h5-11,17,21,23,26H,3-4,12-16H2,1-2H3;1H/t21?,23-,24+;/m0./s1. The molecular formula is C24H32BrNO. The van der Waals surface area contributed by atoms with Gasteiger partial charge >= 0.3 is 0 Å². The van der Waals surface area contributed by atoms with Crippen LogP contribution >= 0.6 is 17.0 Å². The van der Waals surface area contributed by atoms with Crippen molar-refractivity contribution in [2.24, 2.45) is 5.92 Å². The largest absolute Gasteiger partial charge is 0.508 e. The molecule has 1 N–H and O–H groups in total. The molecule has 3 atom stereocenters. The summed E-state index contributed by atoms with van der Waals surface area (Å²) in [6, 6.07) is 17.6. The minimum Gasteiger partial charge on any atom is -0.508 e. The highest BCUT2D eigenvalue weighted by molar-refractivity contribution is 8.93. The van der Waals surface area contributed by atoms with E-state index in [9.17, 15) is 5.11 Å². The number of benzene rings is 2. The molecule has 1 heterocycles. The van der Waals surface area contributed by atoms with Crippen molar-refractivity contribution in [3.63, 3.8) is 0 Å². The van der Waals surface area contributed by atoms with Crippen molar-refractivity contribution in [1.82, 2.24) is 4.90 Å². The zero-order chi connectivity index (χ0) is 18.1. The summed E-state index contributed by atoms with van der Waals surface area (Å²) >= 11 is 0. The van der Waals surface area contributed by atoms with Gasteiger partial charge in [0.15, 0.2) is 0 Å². The number of halogens is 1. The highest BCUT2D eigenvalue weighted by Crippen LogP contribution is 2.52. The van der Waals surface area contributed by atoms with Gasteiger partial charge in [-0.05, 0) is 67.0 Å². The number of hydrogen-bond acceptors (Lipinski definition) is 2. The molecule has 3 heteroatoms. The van der Waals surface area contributed by atoms with Crippen LogP contribution in [0.3, 0.4) is 0 Å². The minimum atomic E-state index is 0. The summed E-state index contributed by atoms with van der Waals surface area (Å²) in [7, 11) is 0. The molecule has 1 aliphatic carbocycles. The van der Waals surface area contributed by atoms with Crippen molar-refractivity contribution in [3.8, 4) is 5.75 Å². The van der Waals surface area contributed by atoms with Crippen LogP contribution in [0.25, 0.3) is 0 Å². The number of piperidine rings is 1. The lowest BCUT2D eigenvalue weighted by Crippen LogP contribution is -2.59. The van der Waals surface area contributed by atoms with Gasteiger partial charge < -0.3 is 5.11 Å². The molecule has 0 spiro atoms. The SMILES string of the molecule is Br.CCC1[C@@H]2Cc3ccc(O)cc3[C@]1(CC)CCN2CCc1ccccc1. The van der Waals surface area contributed by atoms with Crippen molar-refractivity contribution >= 4 is 17.0 Å². The summed E-state index contributed by atoms with van der Waals surface area (Å²) in [6.07, 6.45) is 5.87. The van der Waals surface area contributed by atoms with E-state index >= 15 is 0 Å². The minimum absolute atomic E-state index is 0. The molecule has 1 saturated heterocycles. The zero-order valence-corrected chi connectivity index (χ0v) is 18.2. The van der Waals surface area contributed by atoms with Gasteiger partial charge in [-0.15, -0.1) is 17.0 Å². The number of fused-ring (bicyclic) bond motifs is 4. The summed E-state index contributed by atoms with van der Waals surface area (Å²) in [6.45, 7) is 7.03. The average molecular weight is 430 g/mol. The first kappa shape index (κ1) is 20.4. The van der Waals surface area contributed by atoms with Gasteiger partial charge in [0.25, 0.3) is 0 Å². The molecule has 0 aromatic heterocycles. The summed E-state index contributed by atoms with van der Waals surface area (Å²) in [5.74, 6) is 1.11. The number of phenols is 1. The molecule has 2 nitrogen and oxygen atoms in total. The lowest BCUT2D eigenvalue weighted by atomic mass is 9.55. The fourth-order valence-corrected chi connectivity index (χ4v) is 5.84. The second-order valence-electron chi connectivity index (χ2n) is 8.16. The predicted molar refractivity (Wildman–Crippen MR) is 118 cm³/mol. The Morgan fingerprint density at radius 2 is 1.89 bits per heavy atom. The fourth-order valence-electron chi connectivity index (χ4n) is 5.84. The van der Waals surface area contributed by atoms with E-state index in [1.54, 1.807) is 0 Å². The number of likely N-dealkylation sites (tertiary alicyclic amines) is 1. The van der Waals surface area contributed by atoms with Gasteiger partial charge in [0.2, 0.25) is 0 Å². The van der Waals surface area contributed by atoms with Crippen LogP contribution in [-0.4, -0.2) is 29.1 Å². The molecule has 2 aliphatic rings. The van der Waals surface area contributed by atoms with Crippen LogP contribution in [0.1, 0.15) is 49.8 Å². The smallest absolute Gasteiger partial charge is 0.115 e. The monoisotopic (exact) mass is 429 g/mol. The zero-order valence-electron chi connectivity index (χ0n) is 16.5. The quantitative estimate of drug-likeness (QED) is 0.676. The van der Waals surface area contributed by atoms with Gasteiger partial charge in [-0.2, -0.15) is 0 Å². The van der Waals surface area contributed by atoms with Gasteiger partial charge in [-0.1, -0.05) is 56.7 Å². The Morgan fingerprint density at radius 3 is 2.59 bits per heavy atom. The Morgan fingerprint density at radius 1 is 1.11 bits per heavy atom. The van der Waals surface area contributed by atoms with E-state index in [1.165, 1.54) is 42.5 Å². The molecule has 1 unspecified atom stereocenters. The van der Waals surface area contributed by atoms with Gasteiger partial charge in [-0.25, -0.2) is 0 Å². The predicted octanol–water partition coefficient (Wildman–Crippen LogP) is 5.52. The summed E-state index contributed by atoms with van der Waals surface area (Å²) in [5, 5.41) is 10.1. The molecule has 0 amide bonds. The van der Waals surface area contributed by atoms with E-state index in [1.807, 2.05) is 6.07 Å². The van der Waals surface area contributed by atoms with Gasteiger partial charge in [0.05, 0.1) is 0 Å². The van der Waals surface area contributed by atoms with Crippen LogP contribution in [-0.2, 0) is 18.3 Å². The molecule has 1 aliphatic heterocycles. The molecule has 146 valence electrons. The Labute approximate surface area is 174 Å². The molecule has 27 heavy (non-hydrogen) atoms. The summed E-state index contributed by atoms with van der Waals surface area (Å²) < 4.78 is 0. The van der Waals surface area contributed by atoms with Crippen molar-refractivity contribution in [2.45, 2.75) is 57.4 Å². The Balaban J connectivity index is 0.00000210. The van der Waals surface area contributed by atoms with E-state index in [4.69, 9.17) is 0 Å². The van der Waals surface area contributed by atoms with Crippen LogP contribution in [0.15, 0.2) is 48.5 Å². The maximum absolute atomic E-state index is 10.1. The lowest BCUT2D eigenvalue weighted by Gasteiger charge is -2.57. The van der Waals surface area contributed by atoms with Gasteiger partial charge in [-0.3, -0.25) is 4.90 Å². The van der Waals surface area contributed by atoms with Crippen LogP contribution in [0.5, 0.6) is 5.75 Å².